The highest BCUT2D eigenvalue weighted by Crippen LogP contribution is 2.48. The van der Waals surface area contributed by atoms with Crippen molar-refractivity contribution in [2.45, 2.75) is 51.0 Å². The molecule has 1 aliphatic heterocycles. The zero-order valence-corrected chi connectivity index (χ0v) is 23.1. The van der Waals surface area contributed by atoms with Crippen LogP contribution in [0.5, 0.6) is 11.6 Å². The van der Waals surface area contributed by atoms with Crippen LogP contribution in [0.1, 0.15) is 60.5 Å². The summed E-state index contributed by atoms with van der Waals surface area (Å²) < 4.78 is 26.7. The monoisotopic (exact) mass is 532 g/mol. The lowest BCUT2D eigenvalue weighted by Crippen LogP contribution is -2.21. The van der Waals surface area contributed by atoms with Crippen LogP contribution in [0.15, 0.2) is 48.7 Å². The van der Waals surface area contributed by atoms with E-state index in [1.165, 1.54) is 13.3 Å². The molecule has 3 aromatic rings. The zero-order valence-electron chi connectivity index (χ0n) is 23.1. The third-order valence-electron chi connectivity index (χ3n) is 8.14. The van der Waals surface area contributed by atoms with Crippen molar-refractivity contribution in [2.75, 3.05) is 27.7 Å². The predicted octanol–water partition coefficient (Wildman–Crippen LogP) is 6.28. The number of benzene rings is 2. The number of methoxy groups -OCH3 is 1. The number of aromatic nitrogens is 1. The smallest absolute Gasteiger partial charge is 0.306 e. The summed E-state index contributed by atoms with van der Waals surface area (Å²) in [7, 11) is 5.58. The molecule has 5 rings (SSSR count). The van der Waals surface area contributed by atoms with Crippen molar-refractivity contribution in [3.8, 4) is 22.8 Å². The Morgan fingerprint density at radius 3 is 2.64 bits per heavy atom. The maximum Gasteiger partial charge on any atom is 0.306 e. The van der Waals surface area contributed by atoms with Crippen LogP contribution in [0.4, 0.5) is 4.39 Å². The minimum absolute atomic E-state index is 0.000876. The summed E-state index contributed by atoms with van der Waals surface area (Å²) in [5.41, 5.74) is 5.61. The van der Waals surface area contributed by atoms with Gasteiger partial charge in [0, 0.05) is 18.2 Å². The number of hydrogen-bond donors (Lipinski definition) is 1. The molecular weight excluding hydrogens is 495 g/mol. The van der Waals surface area contributed by atoms with Gasteiger partial charge in [0.1, 0.15) is 17.7 Å². The fourth-order valence-electron chi connectivity index (χ4n) is 5.77. The molecule has 1 N–H and O–H groups in total. The van der Waals surface area contributed by atoms with Gasteiger partial charge in [0.2, 0.25) is 5.88 Å². The maximum atomic E-state index is 14.9. The van der Waals surface area contributed by atoms with Gasteiger partial charge in [-0.05, 0) is 91.9 Å². The van der Waals surface area contributed by atoms with Gasteiger partial charge in [-0.1, -0.05) is 37.3 Å². The molecule has 0 spiro atoms. The number of fused-ring (bicyclic) bond motifs is 1. The Kier molecular flexibility index (Phi) is 7.89. The highest BCUT2D eigenvalue weighted by molar-refractivity contribution is 5.71. The van der Waals surface area contributed by atoms with E-state index in [0.29, 0.717) is 17.4 Å². The molecule has 2 aliphatic rings. The van der Waals surface area contributed by atoms with Crippen LogP contribution in [0.25, 0.3) is 11.1 Å². The van der Waals surface area contributed by atoms with Crippen LogP contribution < -0.4 is 9.47 Å². The van der Waals surface area contributed by atoms with Gasteiger partial charge < -0.3 is 19.5 Å². The van der Waals surface area contributed by atoms with E-state index in [1.54, 1.807) is 6.07 Å². The molecular formula is C32H37FN2O4. The maximum absolute atomic E-state index is 14.9. The van der Waals surface area contributed by atoms with E-state index in [9.17, 15) is 14.3 Å². The van der Waals surface area contributed by atoms with E-state index in [0.717, 1.165) is 72.2 Å². The number of aliphatic carboxylic acids is 1. The number of carboxylic acids is 1. The second kappa shape index (κ2) is 11.3. The number of carboxylic acid groups (broad SMARTS) is 1. The number of nitrogens with zero attached hydrogens (tertiary/aromatic N) is 2. The summed E-state index contributed by atoms with van der Waals surface area (Å²) in [5.74, 6) is 0.0693. The molecule has 0 bridgehead atoms. The average Bonchev–Trinajstić information content (AvgIpc) is 3.77. The first-order valence-corrected chi connectivity index (χ1v) is 13.7. The van der Waals surface area contributed by atoms with Crippen LogP contribution in [0.2, 0.25) is 0 Å². The van der Waals surface area contributed by atoms with Crippen molar-refractivity contribution in [1.29, 1.82) is 0 Å². The molecule has 1 saturated carbocycles. The summed E-state index contributed by atoms with van der Waals surface area (Å²) in [6.45, 7) is 2.63. The minimum Gasteiger partial charge on any atom is -0.485 e. The Morgan fingerprint density at radius 1 is 1.15 bits per heavy atom. The van der Waals surface area contributed by atoms with Gasteiger partial charge in [0.15, 0.2) is 0 Å². The molecule has 1 aliphatic carbocycles. The summed E-state index contributed by atoms with van der Waals surface area (Å²) in [4.78, 5) is 17.9. The standard InChI is InChI=1S/C32H37FN2O4/c1-19(32(36)37)31(21-6-7-21)24-8-5-20-10-12-28(39-29(20)16-24)23-9-11-25(22(15-23)13-14-35(2)3)26-17-30(38-4)34-18-27(26)33/h5,8-9,11,15-19,21,28,31H,6-7,10,12-14H2,1-4H3,(H,36,37)/t19-,28-,31?/m1/s1. The van der Waals surface area contributed by atoms with Crippen LogP contribution >= 0.6 is 0 Å². The second-order valence-corrected chi connectivity index (χ2v) is 11.2. The second-order valence-electron chi connectivity index (χ2n) is 11.2. The van der Waals surface area contributed by atoms with Crippen LogP contribution in [-0.2, 0) is 17.6 Å². The zero-order chi connectivity index (χ0) is 27.7. The van der Waals surface area contributed by atoms with Crippen LogP contribution in [-0.4, -0.2) is 48.7 Å². The predicted molar refractivity (Wildman–Crippen MR) is 149 cm³/mol. The lowest BCUT2D eigenvalue weighted by Gasteiger charge is -2.29. The number of halogens is 1. The fraction of sp³-hybridized carbons (Fsp3) is 0.438. The largest absolute Gasteiger partial charge is 0.485 e. The summed E-state index contributed by atoms with van der Waals surface area (Å²) in [6, 6.07) is 14.1. The molecule has 2 heterocycles. The molecule has 39 heavy (non-hydrogen) atoms. The van der Waals surface area contributed by atoms with E-state index in [2.05, 4.69) is 34.1 Å². The molecule has 6 nitrogen and oxygen atoms in total. The van der Waals surface area contributed by atoms with E-state index in [4.69, 9.17) is 9.47 Å². The fourth-order valence-corrected chi connectivity index (χ4v) is 5.77. The van der Waals surface area contributed by atoms with E-state index < -0.39 is 11.9 Å². The van der Waals surface area contributed by atoms with Crippen molar-refractivity contribution in [1.82, 2.24) is 9.88 Å². The van der Waals surface area contributed by atoms with Gasteiger partial charge in [0.25, 0.3) is 0 Å². The Balaban J connectivity index is 1.45. The number of likely N-dealkylation sites (N-methyl/N-ethyl adjacent to an activating group) is 1. The van der Waals surface area contributed by atoms with Gasteiger partial charge in [-0.25, -0.2) is 9.37 Å². The Labute approximate surface area is 229 Å². The normalized spacial score (nSPS) is 18.3. The van der Waals surface area contributed by atoms with Crippen molar-refractivity contribution in [3.05, 3.63) is 76.7 Å². The SMILES string of the molecule is COc1cc(-c2ccc([C@H]3CCc4ccc(C(C5CC5)[C@@H](C)C(=O)O)cc4O3)cc2CCN(C)C)c(F)cn1. The Bertz CT molecular complexity index is 1350. The molecule has 2 aromatic carbocycles. The van der Waals surface area contributed by atoms with Gasteiger partial charge in [-0.2, -0.15) is 0 Å². The van der Waals surface area contributed by atoms with Crippen molar-refractivity contribution in [3.63, 3.8) is 0 Å². The molecule has 0 saturated heterocycles. The minimum atomic E-state index is -0.753. The van der Waals surface area contributed by atoms with E-state index in [-0.39, 0.29) is 17.8 Å². The third kappa shape index (κ3) is 5.93. The molecule has 0 radical (unpaired) electrons. The number of carbonyl (C=O) groups is 1. The lowest BCUT2D eigenvalue weighted by molar-refractivity contribution is -0.142. The number of ether oxygens (including phenoxy) is 2. The van der Waals surface area contributed by atoms with Crippen LogP contribution in [0.3, 0.4) is 0 Å². The number of hydrogen-bond acceptors (Lipinski definition) is 5. The Hall–Kier alpha value is -3.45. The van der Waals surface area contributed by atoms with Gasteiger partial charge in [-0.15, -0.1) is 0 Å². The lowest BCUT2D eigenvalue weighted by atomic mass is 9.82. The quantitative estimate of drug-likeness (QED) is 0.331. The molecule has 1 aromatic heterocycles. The molecule has 206 valence electrons. The first-order valence-electron chi connectivity index (χ1n) is 13.7. The highest BCUT2D eigenvalue weighted by Gasteiger charge is 2.39. The van der Waals surface area contributed by atoms with Crippen molar-refractivity contribution < 1.29 is 23.8 Å². The van der Waals surface area contributed by atoms with E-state index >= 15 is 0 Å². The highest BCUT2D eigenvalue weighted by atomic mass is 19.1. The van der Waals surface area contributed by atoms with Gasteiger partial charge in [-0.3, -0.25) is 4.79 Å². The summed E-state index contributed by atoms with van der Waals surface area (Å²) in [5, 5.41) is 9.71. The molecule has 1 unspecified atom stereocenters. The topological polar surface area (TPSA) is 71.9 Å². The Morgan fingerprint density at radius 2 is 1.95 bits per heavy atom. The summed E-state index contributed by atoms with van der Waals surface area (Å²) >= 11 is 0. The van der Waals surface area contributed by atoms with Crippen molar-refractivity contribution in [2.24, 2.45) is 11.8 Å². The van der Waals surface area contributed by atoms with E-state index in [1.807, 2.05) is 33.2 Å². The average molecular weight is 533 g/mol. The van der Waals surface area contributed by atoms with Gasteiger partial charge >= 0.3 is 5.97 Å². The third-order valence-corrected chi connectivity index (χ3v) is 8.14. The molecule has 1 fully saturated rings. The van der Waals surface area contributed by atoms with Crippen molar-refractivity contribution >= 4 is 5.97 Å². The molecule has 7 heteroatoms. The molecule has 0 amide bonds. The first-order chi connectivity index (χ1) is 18.7. The number of rotatable bonds is 10. The van der Waals surface area contributed by atoms with Crippen LogP contribution in [0, 0.1) is 17.7 Å². The number of aryl methyl sites for hydroxylation is 1. The van der Waals surface area contributed by atoms with Gasteiger partial charge in [0.05, 0.1) is 19.2 Å². The number of pyridine rings is 1. The first kappa shape index (κ1) is 27.1. The summed E-state index contributed by atoms with van der Waals surface area (Å²) in [6.07, 6.45) is 5.71. The molecule has 3 atom stereocenters.